The minimum Gasteiger partial charge on any atom is -0.295 e. The van der Waals surface area contributed by atoms with Crippen LogP contribution in [0.15, 0.2) is 34.2 Å². The lowest BCUT2D eigenvalue weighted by atomic mass is 10.3. The van der Waals surface area contributed by atoms with Crippen LogP contribution in [0.4, 0.5) is 4.39 Å². The van der Waals surface area contributed by atoms with Crippen molar-refractivity contribution in [3.05, 3.63) is 61.9 Å². The molecule has 2 heterocycles. The highest BCUT2D eigenvalue weighted by Crippen LogP contribution is 2.03. The summed E-state index contributed by atoms with van der Waals surface area (Å²) >= 11 is 5.59. The molecule has 0 atom stereocenters. The summed E-state index contributed by atoms with van der Waals surface area (Å²) in [6.07, 6.45) is 3.69. The second kappa shape index (κ2) is 4.50. The Bertz CT molecular complexity index is 665. The maximum atomic E-state index is 12.9. The lowest BCUT2D eigenvalue weighted by molar-refractivity contribution is 0.614. The number of hydrogen-bond acceptors (Lipinski definition) is 3. The third-order valence-corrected chi connectivity index (χ3v) is 2.35. The third-order valence-electron chi connectivity index (χ3n) is 2.08. The van der Waals surface area contributed by atoms with E-state index < -0.39 is 17.1 Å². The fourth-order valence-corrected chi connectivity index (χ4v) is 1.50. The summed E-state index contributed by atoms with van der Waals surface area (Å²) < 4.78 is 14.0. The number of aromatic amines is 1. The zero-order chi connectivity index (χ0) is 12.4. The smallest absolute Gasteiger partial charge is 0.295 e. The number of aromatic nitrogens is 3. The van der Waals surface area contributed by atoms with E-state index in [-0.39, 0.29) is 11.6 Å². The van der Waals surface area contributed by atoms with E-state index in [2.05, 4.69) is 4.98 Å². The Morgan fingerprint density at radius 2 is 2.18 bits per heavy atom. The van der Waals surface area contributed by atoms with Gasteiger partial charge in [-0.15, -0.1) is 0 Å². The summed E-state index contributed by atoms with van der Waals surface area (Å²) in [7, 11) is 0. The Morgan fingerprint density at radius 1 is 1.41 bits per heavy atom. The predicted octanol–water partition coefficient (Wildman–Crippen LogP) is 0.772. The lowest BCUT2D eigenvalue weighted by Gasteiger charge is -2.04. The Morgan fingerprint density at radius 3 is 2.88 bits per heavy atom. The molecule has 0 bridgehead atoms. The monoisotopic (exact) mass is 255 g/mol. The summed E-state index contributed by atoms with van der Waals surface area (Å²) in [5.41, 5.74) is -0.760. The van der Waals surface area contributed by atoms with E-state index in [0.717, 1.165) is 6.20 Å². The van der Waals surface area contributed by atoms with Crippen LogP contribution in [0.25, 0.3) is 0 Å². The van der Waals surface area contributed by atoms with Crippen molar-refractivity contribution >= 4 is 11.6 Å². The molecular formula is C10H7ClFN3O2. The summed E-state index contributed by atoms with van der Waals surface area (Å²) in [5, 5.41) is -0.103. The van der Waals surface area contributed by atoms with Gasteiger partial charge in [-0.1, -0.05) is 11.6 Å². The summed E-state index contributed by atoms with van der Waals surface area (Å²) in [6, 6.07) is 1.25. The number of rotatable bonds is 2. The van der Waals surface area contributed by atoms with Crippen molar-refractivity contribution < 1.29 is 4.39 Å². The van der Waals surface area contributed by atoms with E-state index in [1.807, 2.05) is 4.98 Å². The van der Waals surface area contributed by atoms with Gasteiger partial charge in [-0.05, 0) is 11.6 Å². The van der Waals surface area contributed by atoms with Crippen molar-refractivity contribution in [3.8, 4) is 0 Å². The molecule has 0 spiro atoms. The van der Waals surface area contributed by atoms with Crippen LogP contribution in [0.1, 0.15) is 5.56 Å². The van der Waals surface area contributed by atoms with E-state index >= 15 is 0 Å². The van der Waals surface area contributed by atoms with E-state index in [1.165, 1.54) is 23.0 Å². The molecule has 0 saturated heterocycles. The standard InChI is InChI=1S/C10H7ClFN3O2/c11-8-5-15(10(17)14-9(8)16)4-6-1-7(12)3-13-2-6/h1-3,5H,4H2,(H,14,16,17). The maximum Gasteiger partial charge on any atom is 0.328 e. The average Bonchev–Trinajstić information content (AvgIpc) is 2.26. The molecule has 0 fully saturated rings. The van der Waals surface area contributed by atoms with Gasteiger partial charge in [0.25, 0.3) is 5.56 Å². The van der Waals surface area contributed by atoms with Gasteiger partial charge in [0.05, 0.1) is 12.7 Å². The largest absolute Gasteiger partial charge is 0.328 e. The molecule has 17 heavy (non-hydrogen) atoms. The molecule has 0 aliphatic carbocycles. The zero-order valence-corrected chi connectivity index (χ0v) is 9.24. The molecule has 88 valence electrons. The fourth-order valence-electron chi connectivity index (χ4n) is 1.34. The fraction of sp³-hybridized carbons (Fsp3) is 0.100. The predicted molar refractivity (Wildman–Crippen MR) is 59.6 cm³/mol. The van der Waals surface area contributed by atoms with Gasteiger partial charge in [0.2, 0.25) is 0 Å². The quantitative estimate of drug-likeness (QED) is 0.862. The summed E-state index contributed by atoms with van der Waals surface area (Å²) in [5.74, 6) is -0.494. The van der Waals surface area contributed by atoms with Crippen LogP contribution < -0.4 is 11.2 Å². The number of hydrogen-bond donors (Lipinski definition) is 1. The van der Waals surface area contributed by atoms with Gasteiger partial charge in [0.1, 0.15) is 10.8 Å². The van der Waals surface area contributed by atoms with Crippen molar-refractivity contribution in [3.63, 3.8) is 0 Å². The van der Waals surface area contributed by atoms with Gasteiger partial charge >= 0.3 is 5.69 Å². The van der Waals surface area contributed by atoms with E-state index in [0.29, 0.717) is 5.56 Å². The molecule has 2 aromatic heterocycles. The molecule has 5 nitrogen and oxygen atoms in total. The second-order valence-electron chi connectivity index (χ2n) is 3.38. The Balaban J connectivity index is 2.40. The zero-order valence-electron chi connectivity index (χ0n) is 8.48. The minimum absolute atomic E-state index is 0.0834. The van der Waals surface area contributed by atoms with Gasteiger partial charge in [-0.25, -0.2) is 9.18 Å². The molecule has 0 unspecified atom stereocenters. The van der Waals surface area contributed by atoms with E-state index in [9.17, 15) is 14.0 Å². The first-order valence-corrected chi connectivity index (χ1v) is 5.03. The summed E-state index contributed by atoms with van der Waals surface area (Å²) in [4.78, 5) is 28.1. The Labute approximate surface area is 99.5 Å². The van der Waals surface area contributed by atoms with Crippen LogP contribution in [-0.4, -0.2) is 14.5 Å². The highest BCUT2D eigenvalue weighted by molar-refractivity contribution is 6.30. The number of pyridine rings is 1. The van der Waals surface area contributed by atoms with Crippen molar-refractivity contribution in [2.45, 2.75) is 6.54 Å². The number of H-pyrrole nitrogens is 1. The van der Waals surface area contributed by atoms with Crippen LogP contribution in [0.3, 0.4) is 0 Å². The van der Waals surface area contributed by atoms with Gasteiger partial charge in [0, 0.05) is 12.4 Å². The highest BCUT2D eigenvalue weighted by Gasteiger charge is 2.04. The molecule has 2 rings (SSSR count). The second-order valence-corrected chi connectivity index (χ2v) is 3.78. The number of nitrogens with one attached hydrogen (secondary N) is 1. The van der Waals surface area contributed by atoms with Crippen molar-refractivity contribution in [2.24, 2.45) is 0 Å². The topological polar surface area (TPSA) is 67.8 Å². The van der Waals surface area contributed by atoms with Crippen LogP contribution in [0.2, 0.25) is 5.02 Å². The summed E-state index contributed by atoms with van der Waals surface area (Å²) in [6.45, 7) is 0.0834. The first-order valence-electron chi connectivity index (χ1n) is 4.65. The molecule has 0 radical (unpaired) electrons. The first-order chi connectivity index (χ1) is 8.06. The average molecular weight is 256 g/mol. The van der Waals surface area contributed by atoms with Crippen molar-refractivity contribution in [2.75, 3.05) is 0 Å². The molecule has 0 aliphatic heterocycles. The lowest BCUT2D eigenvalue weighted by Crippen LogP contribution is -2.29. The molecule has 0 amide bonds. The van der Waals surface area contributed by atoms with Gasteiger partial charge in [-0.3, -0.25) is 19.3 Å². The van der Waals surface area contributed by atoms with Crippen molar-refractivity contribution in [1.82, 2.24) is 14.5 Å². The first kappa shape index (κ1) is 11.5. The number of nitrogens with zero attached hydrogens (tertiary/aromatic N) is 2. The highest BCUT2D eigenvalue weighted by atomic mass is 35.5. The van der Waals surface area contributed by atoms with Crippen molar-refractivity contribution in [1.29, 1.82) is 0 Å². The molecule has 0 aliphatic rings. The molecule has 7 heteroatoms. The Kier molecular flexibility index (Phi) is 3.06. The van der Waals surface area contributed by atoms with Gasteiger partial charge in [-0.2, -0.15) is 0 Å². The normalized spacial score (nSPS) is 10.5. The minimum atomic E-state index is -0.648. The van der Waals surface area contributed by atoms with Gasteiger partial charge < -0.3 is 0 Å². The molecule has 1 N–H and O–H groups in total. The third kappa shape index (κ3) is 2.59. The van der Waals surface area contributed by atoms with E-state index in [1.54, 1.807) is 0 Å². The van der Waals surface area contributed by atoms with E-state index in [4.69, 9.17) is 11.6 Å². The van der Waals surface area contributed by atoms with Crippen LogP contribution in [0.5, 0.6) is 0 Å². The molecule has 2 aromatic rings. The van der Waals surface area contributed by atoms with Gasteiger partial charge in [0.15, 0.2) is 0 Å². The maximum absolute atomic E-state index is 12.9. The van der Waals surface area contributed by atoms with Crippen LogP contribution in [0, 0.1) is 5.82 Å². The number of halogens is 2. The molecule has 0 saturated carbocycles. The van der Waals surface area contributed by atoms with Crippen LogP contribution in [-0.2, 0) is 6.54 Å². The SMILES string of the molecule is O=c1[nH]c(=O)n(Cc2cncc(F)c2)cc1Cl. The molecule has 0 aromatic carbocycles. The molecular weight excluding hydrogens is 249 g/mol. The Hall–Kier alpha value is -1.95. The van der Waals surface area contributed by atoms with Crippen LogP contribution >= 0.6 is 11.6 Å².